The Bertz CT molecular complexity index is 1620. The number of rotatable bonds is 29. The van der Waals surface area contributed by atoms with Crippen molar-refractivity contribution in [1.82, 2.24) is 0 Å². The van der Waals surface area contributed by atoms with Crippen molar-refractivity contribution in [2.24, 2.45) is 4.99 Å². The Kier molecular flexibility index (Phi) is 21.6. The highest BCUT2D eigenvalue weighted by Gasteiger charge is 2.17. The number of hydrogen-bond donors (Lipinski definition) is 0. The van der Waals surface area contributed by atoms with Crippen molar-refractivity contribution in [2.45, 2.75) is 77.4 Å². The Hall–Kier alpha value is -5.58. The summed E-state index contributed by atoms with van der Waals surface area (Å²) in [5.74, 6) is 1.17. The lowest BCUT2D eigenvalue weighted by Gasteiger charge is -2.14. The first-order valence-electron chi connectivity index (χ1n) is 18.9. The van der Waals surface area contributed by atoms with Gasteiger partial charge in [-0.2, -0.15) is 0 Å². The standard InChI is InChI=1S/C44H55NO10/c1-4-42(46)51-29-13-8-6-11-27-49-37-20-16-35(17-21-37)33-54-39-24-25-41(40(32-39)44(48)53-31-15-10-26-45-3)55-34-36-18-22-38(23-19-36)50-28-12-7-9-14-30-52-43(47)5-2/h4-5,16-26,32H,1-2,6-15,27-31,33-34H2,3H3. The Morgan fingerprint density at radius 1 is 0.545 bits per heavy atom. The molecule has 3 aromatic carbocycles. The van der Waals surface area contributed by atoms with Gasteiger partial charge in [-0.25, -0.2) is 14.4 Å². The molecule has 11 nitrogen and oxygen atoms in total. The molecule has 0 bridgehead atoms. The van der Waals surface area contributed by atoms with E-state index in [0.717, 1.165) is 74.0 Å². The van der Waals surface area contributed by atoms with Crippen LogP contribution in [-0.4, -0.2) is 64.2 Å². The molecule has 0 heterocycles. The van der Waals surface area contributed by atoms with E-state index in [9.17, 15) is 14.4 Å². The number of ether oxygens (including phenoxy) is 7. The van der Waals surface area contributed by atoms with Crippen LogP contribution in [-0.2, 0) is 37.0 Å². The molecule has 0 saturated carbocycles. The van der Waals surface area contributed by atoms with E-state index in [1.54, 1.807) is 31.5 Å². The molecule has 0 atom stereocenters. The van der Waals surface area contributed by atoms with E-state index in [1.165, 1.54) is 12.2 Å². The molecular formula is C44H55NO10. The maximum Gasteiger partial charge on any atom is 0.342 e. The van der Waals surface area contributed by atoms with Gasteiger partial charge in [-0.15, -0.1) is 0 Å². The molecule has 0 unspecified atom stereocenters. The lowest BCUT2D eigenvalue weighted by atomic mass is 10.1. The SMILES string of the molecule is C=CC(=O)OCCCCCCOc1ccc(COc2ccc(OCc3ccc(OCCCCCCOC(=O)C=C)cc3)c(C(=O)OCCCC=NC)c2)cc1. The summed E-state index contributed by atoms with van der Waals surface area (Å²) in [6, 6.07) is 20.5. The van der Waals surface area contributed by atoms with Crippen molar-refractivity contribution >= 4 is 24.1 Å². The predicted molar refractivity (Wildman–Crippen MR) is 212 cm³/mol. The third-order valence-electron chi connectivity index (χ3n) is 8.15. The zero-order valence-electron chi connectivity index (χ0n) is 32.0. The molecule has 0 spiro atoms. The Morgan fingerprint density at radius 3 is 1.53 bits per heavy atom. The average Bonchev–Trinajstić information content (AvgIpc) is 3.21. The fourth-order valence-electron chi connectivity index (χ4n) is 5.08. The smallest absolute Gasteiger partial charge is 0.342 e. The zero-order valence-corrected chi connectivity index (χ0v) is 32.0. The molecule has 0 amide bonds. The molecule has 0 saturated heterocycles. The van der Waals surface area contributed by atoms with Gasteiger partial charge in [0.2, 0.25) is 0 Å². The van der Waals surface area contributed by atoms with Gasteiger partial charge >= 0.3 is 17.9 Å². The van der Waals surface area contributed by atoms with Crippen LogP contribution in [0.3, 0.4) is 0 Å². The molecule has 11 heteroatoms. The molecule has 0 aromatic heterocycles. The fraction of sp³-hybridized carbons (Fsp3) is 0.409. The van der Waals surface area contributed by atoms with E-state index in [-0.39, 0.29) is 24.7 Å². The zero-order chi connectivity index (χ0) is 39.4. The van der Waals surface area contributed by atoms with Crippen molar-refractivity contribution in [1.29, 1.82) is 0 Å². The third kappa shape index (κ3) is 18.8. The summed E-state index contributed by atoms with van der Waals surface area (Å²) in [5, 5.41) is 0. The van der Waals surface area contributed by atoms with Gasteiger partial charge in [0.05, 0.1) is 33.0 Å². The Morgan fingerprint density at radius 2 is 1.02 bits per heavy atom. The normalized spacial score (nSPS) is 10.7. The molecule has 3 aromatic rings. The summed E-state index contributed by atoms with van der Waals surface area (Å²) in [7, 11) is 1.71. The van der Waals surface area contributed by atoms with Crippen LogP contribution in [0.15, 0.2) is 97.0 Å². The van der Waals surface area contributed by atoms with Crippen molar-refractivity contribution in [3.63, 3.8) is 0 Å². The largest absolute Gasteiger partial charge is 0.494 e. The van der Waals surface area contributed by atoms with Crippen LogP contribution >= 0.6 is 0 Å². The van der Waals surface area contributed by atoms with E-state index in [4.69, 9.17) is 33.2 Å². The average molecular weight is 758 g/mol. The van der Waals surface area contributed by atoms with Gasteiger partial charge in [0, 0.05) is 19.2 Å². The van der Waals surface area contributed by atoms with E-state index < -0.39 is 11.9 Å². The van der Waals surface area contributed by atoms with Crippen molar-refractivity contribution in [2.75, 3.05) is 40.1 Å². The van der Waals surface area contributed by atoms with Gasteiger partial charge in [-0.1, -0.05) is 37.4 Å². The predicted octanol–water partition coefficient (Wildman–Crippen LogP) is 8.82. The number of nitrogens with zero attached hydrogens (tertiary/aromatic N) is 1. The van der Waals surface area contributed by atoms with Crippen molar-refractivity contribution < 1.29 is 47.5 Å². The number of hydrogen-bond acceptors (Lipinski definition) is 11. The Balaban J connectivity index is 1.47. The minimum atomic E-state index is -0.493. The van der Waals surface area contributed by atoms with Gasteiger partial charge in [-0.05, 0) is 124 Å². The highest BCUT2D eigenvalue weighted by molar-refractivity contribution is 5.93. The topological polar surface area (TPSA) is 128 Å². The lowest BCUT2D eigenvalue weighted by Crippen LogP contribution is -2.10. The van der Waals surface area contributed by atoms with E-state index in [1.807, 2.05) is 48.5 Å². The molecule has 55 heavy (non-hydrogen) atoms. The second-order valence-corrected chi connectivity index (χ2v) is 12.5. The van der Waals surface area contributed by atoms with E-state index in [0.29, 0.717) is 57.4 Å². The third-order valence-corrected chi connectivity index (χ3v) is 8.15. The second kappa shape index (κ2) is 27.1. The second-order valence-electron chi connectivity index (χ2n) is 12.5. The lowest BCUT2D eigenvalue weighted by molar-refractivity contribution is -0.138. The van der Waals surface area contributed by atoms with Crippen LogP contribution < -0.4 is 18.9 Å². The summed E-state index contributed by atoms with van der Waals surface area (Å²) >= 11 is 0. The molecule has 0 aliphatic carbocycles. The first kappa shape index (κ1) is 43.8. The fourth-order valence-corrected chi connectivity index (χ4v) is 5.08. The quantitative estimate of drug-likeness (QED) is 0.0223. The van der Waals surface area contributed by atoms with Gasteiger partial charge in [-0.3, -0.25) is 0 Å². The number of carbonyl (C=O) groups is 3. The molecule has 0 fully saturated rings. The van der Waals surface area contributed by atoms with Crippen LogP contribution in [0.5, 0.6) is 23.0 Å². The molecule has 0 N–H and O–H groups in total. The highest BCUT2D eigenvalue weighted by Crippen LogP contribution is 2.27. The maximum atomic E-state index is 13.2. The molecule has 296 valence electrons. The number of unbranched alkanes of at least 4 members (excludes halogenated alkanes) is 7. The van der Waals surface area contributed by atoms with Crippen LogP contribution in [0, 0.1) is 0 Å². The number of esters is 3. The van der Waals surface area contributed by atoms with Crippen molar-refractivity contribution in [3.05, 3.63) is 109 Å². The summed E-state index contributed by atoms with van der Waals surface area (Å²) in [6.45, 7) is 9.56. The van der Waals surface area contributed by atoms with Crippen molar-refractivity contribution in [3.8, 4) is 23.0 Å². The van der Waals surface area contributed by atoms with Gasteiger partial charge < -0.3 is 38.2 Å². The van der Waals surface area contributed by atoms with E-state index >= 15 is 0 Å². The summed E-state index contributed by atoms with van der Waals surface area (Å²) in [4.78, 5) is 39.3. The molecule has 0 aliphatic heterocycles. The molecule has 3 rings (SSSR count). The molecule has 0 aliphatic rings. The van der Waals surface area contributed by atoms with Crippen LogP contribution in [0.4, 0.5) is 0 Å². The van der Waals surface area contributed by atoms with Crippen LogP contribution in [0.1, 0.15) is 85.7 Å². The minimum Gasteiger partial charge on any atom is -0.494 e. The monoisotopic (exact) mass is 757 g/mol. The Labute approximate surface area is 325 Å². The van der Waals surface area contributed by atoms with Crippen LogP contribution in [0.2, 0.25) is 0 Å². The van der Waals surface area contributed by atoms with Gasteiger partial charge in [0.1, 0.15) is 41.8 Å². The first-order chi connectivity index (χ1) is 26.9. The summed E-state index contributed by atoms with van der Waals surface area (Å²) < 4.78 is 39.5. The number of aliphatic imine (C=N–C) groups is 1. The van der Waals surface area contributed by atoms with E-state index in [2.05, 4.69) is 18.2 Å². The maximum absolute atomic E-state index is 13.2. The highest BCUT2D eigenvalue weighted by atomic mass is 16.5. The van der Waals surface area contributed by atoms with Crippen LogP contribution in [0.25, 0.3) is 0 Å². The summed E-state index contributed by atoms with van der Waals surface area (Å²) in [5.41, 5.74) is 2.14. The number of benzene rings is 3. The molecule has 0 radical (unpaired) electrons. The molecular weight excluding hydrogens is 702 g/mol. The first-order valence-corrected chi connectivity index (χ1v) is 18.9. The summed E-state index contributed by atoms with van der Waals surface area (Å²) in [6.07, 6.45) is 12.8. The van der Waals surface area contributed by atoms with Gasteiger partial charge in [0.15, 0.2) is 0 Å². The minimum absolute atomic E-state index is 0.242. The van der Waals surface area contributed by atoms with Gasteiger partial charge in [0.25, 0.3) is 0 Å². The number of carbonyl (C=O) groups excluding carboxylic acids is 3.